The lowest BCUT2D eigenvalue weighted by Crippen LogP contribution is -2.03. The molecule has 1 N–H and O–H groups in total. The van der Waals surface area contributed by atoms with Crippen LogP contribution in [0.3, 0.4) is 0 Å². The zero-order valence-corrected chi connectivity index (χ0v) is 14.3. The Morgan fingerprint density at radius 3 is 2.62 bits per heavy atom. The molecular weight excluding hydrogens is 327 g/mol. The number of phenolic OH excluding ortho intramolecular Hbond substituents is 1. The number of hydrogen-bond donors (Lipinski definition) is 1. The van der Waals surface area contributed by atoms with Gasteiger partial charge in [-0.1, -0.05) is 48.5 Å². The molecule has 0 aromatic heterocycles. The molecule has 3 heteroatoms. The van der Waals surface area contributed by atoms with E-state index in [1.807, 2.05) is 42.5 Å². The van der Waals surface area contributed by atoms with Crippen LogP contribution in [0.2, 0.25) is 0 Å². The van der Waals surface area contributed by atoms with E-state index in [4.69, 9.17) is 4.74 Å². The molecule has 0 aliphatic heterocycles. The first kappa shape index (κ1) is 16.4. The Kier molecular flexibility index (Phi) is 4.44. The van der Waals surface area contributed by atoms with Gasteiger partial charge in [-0.2, -0.15) is 0 Å². The van der Waals surface area contributed by atoms with Crippen molar-refractivity contribution in [3.05, 3.63) is 101 Å². The molecule has 0 atom stereocenters. The van der Waals surface area contributed by atoms with Crippen molar-refractivity contribution >= 4 is 5.57 Å². The summed E-state index contributed by atoms with van der Waals surface area (Å²) >= 11 is 0. The molecular formula is C23H19FO2. The maximum Gasteiger partial charge on any atom is 0.165 e. The summed E-state index contributed by atoms with van der Waals surface area (Å²) in [6, 6.07) is 20.7. The fraction of sp³-hybridized carbons (Fsp3) is 0.130. The second-order valence-electron chi connectivity index (χ2n) is 6.42. The summed E-state index contributed by atoms with van der Waals surface area (Å²) in [7, 11) is 0. The smallest absolute Gasteiger partial charge is 0.165 e. The van der Waals surface area contributed by atoms with Gasteiger partial charge in [0.1, 0.15) is 12.4 Å². The number of halogens is 1. The largest absolute Gasteiger partial charge is 0.505 e. The predicted octanol–water partition coefficient (Wildman–Crippen LogP) is 5.49. The predicted molar refractivity (Wildman–Crippen MR) is 101 cm³/mol. The van der Waals surface area contributed by atoms with Gasteiger partial charge in [-0.05, 0) is 64.9 Å². The molecule has 0 unspecified atom stereocenters. The minimum Gasteiger partial charge on any atom is -0.505 e. The second-order valence-corrected chi connectivity index (χ2v) is 6.42. The van der Waals surface area contributed by atoms with Crippen LogP contribution in [0.4, 0.5) is 4.39 Å². The molecule has 0 saturated heterocycles. The highest BCUT2D eigenvalue weighted by Gasteiger charge is 2.16. The fourth-order valence-electron chi connectivity index (χ4n) is 3.30. The first-order valence-electron chi connectivity index (χ1n) is 8.70. The van der Waals surface area contributed by atoms with Gasteiger partial charge in [-0.3, -0.25) is 0 Å². The minimum absolute atomic E-state index is 0.324. The van der Waals surface area contributed by atoms with Crippen LogP contribution in [0, 0.1) is 5.82 Å². The third-order valence-corrected chi connectivity index (χ3v) is 4.64. The maximum atomic E-state index is 13.7. The van der Waals surface area contributed by atoms with Gasteiger partial charge in [0, 0.05) is 0 Å². The van der Waals surface area contributed by atoms with E-state index in [9.17, 15) is 9.50 Å². The molecule has 0 radical (unpaired) electrons. The van der Waals surface area contributed by atoms with Gasteiger partial charge in [0.15, 0.2) is 11.6 Å². The first-order valence-corrected chi connectivity index (χ1v) is 8.70. The average molecular weight is 346 g/mol. The van der Waals surface area contributed by atoms with Crippen molar-refractivity contribution in [2.75, 3.05) is 0 Å². The van der Waals surface area contributed by atoms with Crippen LogP contribution in [0.1, 0.15) is 28.7 Å². The van der Waals surface area contributed by atoms with E-state index in [-0.39, 0.29) is 5.75 Å². The summed E-state index contributed by atoms with van der Waals surface area (Å²) in [5.74, 6) is -0.0841. The topological polar surface area (TPSA) is 29.5 Å². The molecule has 130 valence electrons. The van der Waals surface area contributed by atoms with Crippen LogP contribution in [0.15, 0.2) is 72.8 Å². The number of hydrogen-bond acceptors (Lipinski definition) is 2. The van der Waals surface area contributed by atoms with Gasteiger partial charge < -0.3 is 9.84 Å². The average Bonchev–Trinajstić information content (AvgIpc) is 2.68. The van der Waals surface area contributed by atoms with E-state index in [1.54, 1.807) is 6.07 Å². The van der Waals surface area contributed by atoms with Gasteiger partial charge in [0.2, 0.25) is 0 Å². The Hall–Kier alpha value is -3.07. The molecule has 2 nitrogen and oxygen atoms in total. The fourth-order valence-corrected chi connectivity index (χ4v) is 3.30. The van der Waals surface area contributed by atoms with Gasteiger partial charge in [-0.15, -0.1) is 0 Å². The lowest BCUT2D eigenvalue weighted by molar-refractivity contribution is 0.306. The molecule has 0 spiro atoms. The number of rotatable bonds is 4. The number of allylic oxidation sites excluding steroid dienone is 1. The summed E-state index contributed by atoms with van der Waals surface area (Å²) in [5.41, 5.74) is 5.19. The molecule has 4 rings (SSSR count). The van der Waals surface area contributed by atoms with Gasteiger partial charge >= 0.3 is 0 Å². The molecule has 3 aromatic rings. The molecule has 0 saturated carbocycles. The Balaban J connectivity index is 1.58. The van der Waals surface area contributed by atoms with Crippen LogP contribution >= 0.6 is 0 Å². The lowest BCUT2D eigenvalue weighted by Gasteiger charge is -2.19. The van der Waals surface area contributed by atoms with E-state index >= 15 is 0 Å². The van der Waals surface area contributed by atoms with Crippen LogP contribution < -0.4 is 4.74 Å². The molecule has 0 bridgehead atoms. The number of ether oxygens (including phenoxy) is 1. The van der Waals surface area contributed by atoms with Gasteiger partial charge in [0.25, 0.3) is 0 Å². The van der Waals surface area contributed by atoms with Crippen molar-refractivity contribution < 1.29 is 14.2 Å². The van der Waals surface area contributed by atoms with E-state index in [0.29, 0.717) is 6.61 Å². The van der Waals surface area contributed by atoms with Crippen molar-refractivity contribution in [3.63, 3.8) is 0 Å². The number of phenols is 1. The van der Waals surface area contributed by atoms with Crippen molar-refractivity contribution in [2.24, 2.45) is 0 Å². The standard InChI is InChI=1S/C23H19FO2/c24-22-14-18(9-12-23(22)25)20-8-4-7-17-13-19(10-11-21(17)20)26-15-16-5-2-1-3-6-16/h1-3,5-6,8-14,25H,4,7,15H2. The molecule has 0 amide bonds. The summed E-state index contributed by atoms with van der Waals surface area (Å²) in [6.45, 7) is 0.533. The highest BCUT2D eigenvalue weighted by molar-refractivity contribution is 5.83. The molecule has 0 heterocycles. The van der Waals surface area contributed by atoms with E-state index in [1.165, 1.54) is 17.7 Å². The van der Waals surface area contributed by atoms with Gasteiger partial charge in [-0.25, -0.2) is 4.39 Å². The number of benzene rings is 3. The summed E-state index contributed by atoms with van der Waals surface area (Å²) in [6.07, 6.45) is 3.95. The van der Waals surface area contributed by atoms with Crippen LogP contribution in [0.25, 0.3) is 5.57 Å². The van der Waals surface area contributed by atoms with Crippen LogP contribution in [-0.4, -0.2) is 5.11 Å². The van der Waals surface area contributed by atoms with Crippen molar-refractivity contribution in [1.29, 1.82) is 0 Å². The summed E-state index contributed by atoms with van der Waals surface area (Å²) in [4.78, 5) is 0. The van der Waals surface area contributed by atoms with E-state index < -0.39 is 5.82 Å². The third kappa shape index (κ3) is 3.33. The molecule has 1 aliphatic rings. The van der Waals surface area contributed by atoms with Crippen molar-refractivity contribution in [1.82, 2.24) is 0 Å². The number of aryl methyl sites for hydroxylation is 1. The van der Waals surface area contributed by atoms with Crippen LogP contribution in [0.5, 0.6) is 11.5 Å². The van der Waals surface area contributed by atoms with Crippen molar-refractivity contribution in [2.45, 2.75) is 19.4 Å². The molecule has 1 aliphatic carbocycles. The molecule has 3 aromatic carbocycles. The highest BCUT2D eigenvalue weighted by Crippen LogP contribution is 2.35. The Labute approximate surface area is 152 Å². The molecule has 26 heavy (non-hydrogen) atoms. The second kappa shape index (κ2) is 7.04. The molecule has 0 fully saturated rings. The van der Waals surface area contributed by atoms with Crippen molar-refractivity contribution in [3.8, 4) is 11.5 Å². The Morgan fingerprint density at radius 1 is 0.962 bits per heavy atom. The number of fused-ring (bicyclic) bond motifs is 1. The highest BCUT2D eigenvalue weighted by atomic mass is 19.1. The van der Waals surface area contributed by atoms with E-state index in [0.717, 1.165) is 40.9 Å². The zero-order chi connectivity index (χ0) is 17.9. The van der Waals surface area contributed by atoms with Gasteiger partial charge in [0.05, 0.1) is 0 Å². The lowest BCUT2D eigenvalue weighted by atomic mass is 9.87. The third-order valence-electron chi connectivity index (χ3n) is 4.64. The monoisotopic (exact) mass is 346 g/mol. The quantitative estimate of drug-likeness (QED) is 0.677. The summed E-state index contributed by atoms with van der Waals surface area (Å²) in [5, 5.41) is 9.42. The normalized spacial score (nSPS) is 13.0. The zero-order valence-electron chi connectivity index (χ0n) is 14.3. The maximum absolute atomic E-state index is 13.7. The van der Waals surface area contributed by atoms with Crippen LogP contribution in [-0.2, 0) is 13.0 Å². The Morgan fingerprint density at radius 2 is 1.81 bits per heavy atom. The number of aromatic hydroxyl groups is 1. The summed E-state index contributed by atoms with van der Waals surface area (Å²) < 4.78 is 19.7. The minimum atomic E-state index is -0.599. The first-order chi connectivity index (χ1) is 12.7. The SMILES string of the molecule is Oc1ccc(C2=CCCc3cc(OCc4ccccc4)ccc32)cc1F. The van der Waals surface area contributed by atoms with E-state index in [2.05, 4.69) is 12.1 Å². The Bertz CT molecular complexity index is 961.